The van der Waals surface area contributed by atoms with E-state index in [9.17, 15) is 0 Å². The van der Waals surface area contributed by atoms with E-state index in [4.69, 9.17) is 20.6 Å². The van der Waals surface area contributed by atoms with Crippen molar-refractivity contribution in [2.75, 3.05) is 19.8 Å². The largest absolute Gasteiger partial charge is 0.491 e. The molecule has 0 unspecified atom stereocenters. The van der Waals surface area contributed by atoms with Gasteiger partial charge < -0.3 is 15.2 Å². The lowest BCUT2D eigenvalue weighted by Gasteiger charge is -2.07. The zero-order valence-electron chi connectivity index (χ0n) is 9.53. The fourth-order valence-electron chi connectivity index (χ4n) is 1.22. The van der Waals surface area contributed by atoms with Gasteiger partial charge in [-0.2, -0.15) is 0 Å². The van der Waals surface area contributed by atoms with Gasteiger partial charge in [0.05, 0.1) is 6.61 Å². The molecule has 1 aromatic carbocycles. The first-order valence-corrected chi connectivity index (χ1v) is 5.39. The van der Waals surface area contributed by atoms with Gasteiger partial charge in [0.25, 0.3) is 0 Å². The molecule has 4 nitrogen and oxygen atoms in total. The Balaban J connectivity index is 2.36. The number of ether oxygens (including phenoxy) is 2. The van der Waals surface area contributed by atoms with Crippen LogP contribution in [0.25, 0.3) is 0 Å². The predicted octanol–water partition coefficient (Wildman–Crippen LogP) is 1.78. The number of hydrogen-bond acceptors (Lipinski definition) is 3. The maximum atomic E-state index is 7.30. The summed E-state index contributed by atoms with van der Waals surface area (Å²) in [5, 5.41) is 7.30. The minimum absolute atomic E-state index is 0.0488. The Bertz CT molecular complexity index is 340. The van der Waals surface area contributed by atoms with Gasteiger partial charge in [0, 0.05) is 12.2 Å². The highest BCUT2D eigenvalue weighted by Crippen LogP contribution is 2.12. The van der Waals surface area contributed by atoms with E-state index in [2.05, 4.69) is 6.92 Å². The van der Waals surface area contributed by atoms with Gasteiger partial charge in [-0.3, -0.25) is 5.41 Å². The quantitative estimate of drug-likeness (QED) is 0.420. The highest BCUT2D eigenvalue weighted by molar-refractivity contribution is 5.95. The van der Waals surface area contributed by atoms with E-state index in [-0.39, 0.29) is 5.84 Å². The van der Waals surface area contributed by atoms with Crippen LogP contribution in [0.2, 0.25) is 0 Å². The molecular formula is C12H18N2O2. The zero-order chi connectivity index (χ0) is 11.8. The van der Waals surface area contributed by atoms with Gasteiger partial charge in [0.15, 0.2) is 0 Å². The monoisotopic (exact) mass is 222 g/mol. The van der Waals surface area contributed by atoms with Gasteiger partial charge in [0.2, 0.25) is 0 Å². The van der Waals surface area contributed by atoms with Gasteiger partial charge in [-0.25, -0.2) is 0 Å². The summed E-state index contributed by atoms with van der Waals surface area (Å²) in [6.45, 7) is 3.92. The highest BCUT2D eigenvalue weighted by atomic mass is 16.5. The number of nitrogen functional groups attached to an aromatic ring is 1. The topological polar surface area (TPSA) is 68.3 Å². The SMILES string of the molecule is CCCOCCOc1cccc(C(=N)N)c1. The number of rotatable bonds is 7. The summed E-state index contributed by atoms with van der Waals surface area (Å²) in [6.07, 6.45) is 1.01. The lowest BCUT2D eigenvalue weighted by molar-refractivity contribution is 0.101. The summed E-state index contributed by atoms with van der Waals surface area (Å²) in [5.41, 5.74) is 6.05. The average Bonchev–Trinajstić information content (AvgIpc) is 2.29. The standard InChI is InChI=1S/C12H18N2O2/c1-2-6-15-7-8-16-11-5-3-4-10(9-11)12(13)14/h3-5,9H,2,6-8H2,1H3,(H3,13,14). The summed E-state index contributed by atoms with van der Waals surface area (Å²) < 4.78 is 10.8. The molecule has 0 amide bonds. The summed E-state index contributed by atoms with van der Waals surface area (Å²) in [4.78, 5) is 0. The van der Waals surface area contributed by atoms with Crippen LogP contribution in [0.4, 0.5) is 0 Å². The Hall–Kier alpha value is -1.55. The van der Waals surface area contributed by atoms with E-state index in [0.29, 0.717) is 24.5 Å². The molecule has 1 aromatic rings. The number of benzene rings is 1. The number of amidine groups is 1. The Morgan fingerprint density at radius 2 is 2.12 bits per heavy atom. The molecule has 16 heavy (non-hydrogen) atoms. The van der Waals surface area contributed by atoms with Crippen LogP contribution in [0.3, 0.4) is 0 Å². The molecule has 0 aliphatic carbocycles. The van der Waals surface area contributed by atoms with Crippen LogP contribution < -0.4 is 10.5 Å². The summed E-state index contributed by atoms with van der Waals surface area (Å²) in [6, 6.07) is 7.19. The molecule has 0 aliphatic rings. The fraction of sp³-hybridized carbons (Fsp3) is 0.417. The van der Waals surface area contributed by atoms with Crippen molar-refractivity contribution in [1.82, 2.24) is 0 Å². The normalized spacial score (nSPS) is 10.1. The van der Waals surface area contributed by atoms with Crippen molar-refractivity contribution >= 4 is 5.84 Å². The van der Waals surface area contributed by atoms with Gasteiger partial charge in [-0.05, 0) is 18.6 Å². The van der Waals surface area contributed by atoms with Crippen LogP contribution in [0.1, 0.15) is 18.9 Å². The Morgan fingerprint density at radius 3 is 2.81 bits per heavy atom. The van der Waals surface area contributed by atoms with Crippen molar-refractivity contribution in [3.63, 3.8) is 0 Å². The lowest BCUT2D eigenvalue weighted by atomic mass is 10.2. The molecule has 0 fully saturated rings. The van der Waals surface area contributed by atoms with Crippen LogP contribution in [-0.4, -0.2) is 25.7 Å². The molecule has 0 heterocycles. The van der Waals surface area contributed by atoms with Crippen molar-refractivity contribution in [2.24, 2.45) is 5.73 Å². The Morgan fingerprint density at radius 1 is 1.31 bits per heavy atom. The number of hydrogen-bond donors (Lipinski definition) is 2. The lowest BCUT2D eigenvalue weighted by Crippen LogP contribution is -2.11. The molecule has 3 N–H and O–H groups in total. The first-order valence-electron chi connectivity index (χ1n) is 5.39. The summed E-state index contributed by atoms with van der Waals surface area (Å²) in [7, 11) is 0. The van der Waals surface area contributed by atoms with Crippen LogP contribution >= 0.6 is 0 Å². The van der Waals surface area contributed by atoms with E-state index in [1.54, 1.807) is 12.1 Å². The third kappa shape index (κ3) is 4.31. The van der Waals surface area contributed by atoms with E-state index in [0.717, 1.165) is 13.0 Å². The molecule has 0 aromatic heterocycles. The second kappa shape index (κ2) is 6.85. The average molecular weight is 222 g/mol. The van der Waals surface area contributed by atoms with Crippen LogP contribution in [-0.2, 0) is 4.74 Å². The van der Waals surface area contributed by atoms with Crippen LogP contribution in [0.15, 0.2) is 24.3 Å². The van der Waals surface area contributed by atoms with E-state index < -0.39 is 0 Å². The van der Waals surface area contributed by atoms with Crippen molar-refractivity contribution in [1.29, 1.82) is 5.41 Å². The zero-order valence-corrected chi connectivity index (χ0v) is 9.53. The van der Waals surface area contributed by atoms with Crippen molar-refractivity contribution in [3.05, 3.63) is 29.8 Å². The van der Waals surface area contributed by atoms with Crippen molar-refractivity contribution in [3.8, 4) is 5.75 Å². The van der Waals surface area contributed by atoms with Gasteiger partial charge >= 0.3 is 0 Å². The molecule has 0 saturated heterocycles. The molecule has 88 valence electrons. The summed E-state index contributed by atoms with van der Waals surface area (Å²) >= 11 is 0. The summed E-state index contributed by atoms with van der Waals surface area (Å²) in [5.74, 6) is 0.764. The molecule has 0 saturated carbocycles. The first-order chi connectivity index (χ1) is 7.74. The van der Waals surface area contributed by atoms with E-state index in [1.807, 2.05) is 12.1 Å². The van der Waals surface area contributed by atoms with Crippen LogP contribution in [0.5, 0.6) is 5.75 Å². The first kappa shape index (κ1) is 12.5. The van der Waals surface area contributed by atoms with Crippen LogP contribution in [0, 0.1) is 5.41 Å². The third-order valence-electron chi connectivity index (χ3n) is 1.99. The second-order valence-corrected chi connectivity index (χ2v) is 3.40. The maximum Gasteiger partial charge on any atom is 0.122 e. The molecular weight excluding hydrogens is 204 g/mol. The smallest absolute Gasteiger partial charge is 0.122 e. The predicted molar refractivity (Wildman–Crippen MR) is 64.1 cm³/mol. The molecule has 1 rings (SSSR count). The minimum Gasteiger partial charge on any atom is -0.491 e. The van der Waals surface area contributed by atoms with Gasteiger partial charge in [-0.15, -0.1) is 0 Å². The fourth-order valence-corrected chi connectivity index (χ4v) is 1.22. The second-order valence-electron chi connectivity index (χ2n) is 3.40. The van der Waals surface area contributed by atoms with E-state index >= 15 is 0 Å². The molecule has 0 aliphatic heterocycles. The molecule has 0 spiro atoms. The van der Waals surface area contributed by atoms with Gasteiger partial charge in [0.1, 0.15) is 18.2 Å². The number of nitrogens with two attached hydrogens (primary N) is 1. The van der Waals surface area contributed by atoms with Crippen molar-refractivity contribution in [2.45, 2.75) is 13.3 Å². The Kier molecular flexibility index (Phi) is 5.36. The van der Waals surface area contributed by atoms with Gasteiger partial charge in [-0.1, -0.05) is 19.1 Å². The Labute approximate surface area is 95.9 Å². The number of nitrogens with one attached hydrogen (secondary N) is 1. The molecule has 0 bridgehead atoms. The van der Waals surface area contributed by atoms with Crippen molar-refractivity contribution < 1.29 is 9.47 Å². The molecule has 4 heteroatoms. The van der Waals surface area contributed by atoms with E-state index in [1.165, 1.54) is 0 Å². The third-order valence-corrected chi connectivity index (χ3v) is 1.99. The minimum atomic E-state index is 0.0488. The highest BCUT2D eigenvalue weighted by Gasteiger charge is 1.98. The molecule has 0 radical (unpaired) electrons. The molecule has 0 atom stereocenters. The maximum absolute atomic E-state index is 7.30.